The van der Waals surface area contributed by atoms with Crippen LogP contribution in [0.2, 0.25) is 0 Å². The second-order valence-electron chi connectivity index (χ2n) is 8.99. The zero-order valence-electron chi connectivity index (χ0n) is 18.2. The molecule has 0 aliphatic heterocycles. The van der Waals surface area contributed by atoms with E-state index in [2.05, 4.69) is 25.8 Å². The minimum absolute atomic E-state index is 0.0277. The molecule has 1 N–H and O–H groups in total. The summed E-state index contributed by atoms with van der Waals surface area (Å²) in [4.78, 5) is 30.5. The molecule has 1 heterocycles. The Morgan fingerprint density at radius 2 is 1.32 bits per heavy atom. The fourth-order valence-corrected chi connectivity index (χ4v) is 4.17. The lowest BCUT2D eigenvalue weighted by Gasteiger charge is -2.24. The molecule has 0 aliphatic rings. The first-order valence-corrected chi connectivity index (χ1v) is 10.6. The molecule has 0 radical (unpaired) electrons. The Labute approximate surface area is 183 Å². The van der Waals surface area contributed by atoms with Gasteiger partial charge in [0, 0.05) is 39.6 Å². The van der Waals surface area contributed by atoms with Crippen LogP contribution in [0.15, 0.2) is 84.9 Å². The van der Waals surface area contributed by atoms with Crippen molar-refractivity contribution < 1.29 is 9.59 Å². The van der Waals surface area contributed by atoms with Gasteiger partial charge in [0.1, 0.15) is 0 Å². The lowest BCUT2D eigenvalue weighted by Crippen LogP contribution is -2.22. The Kier molecular flexibility index (Phi) is 5.60. The van der Waals surface area contributed by atoms with Gasteiger partial charge in [-0.25, -0.2) is 0 Å². The van der Waals surface area contributed by atoms with Gasteiger partial charge in [-0.05, 0) is 11.6 Å². The molecule has 0 fully saturated rings. The highest BCUT2D eigenvalue weighted by Crippen LogP contribution is 2.39. The van der Waals surface area contributed by atoms with Gasteiger partial charge in [-0.1, -0.05) is 99.6 Å². The van der Waals surface area contributed by atoms with Crippen LogP contribution in [0.3, 0.4) is 0 Å². The molecule has 0 amide bonds. The molecule has 4 rings (SSSR count). The lowest BCUT2D eigenvalue weighted by atomic mass is 9.79. The van der Waals surface area contributed by atoms with E-state index < -0.39 is 5.92 Å². The lowest BCUT2D eigenvalue weighted by molar-refractivity contribution is 0.0893. The number of aromatic nitrogens is 1. The highest BCUT2D eigenvalue weighted by molar-refractivity contribution is 6.08. The number of fused-ring (bicyclic) bond motifs is 1. The van der Waals surface area contributed by atoms with E-state index in [9.17, 15) is 9.59 Å². The maximum atomic E-state index is 13.8. The average Bonchev–Trinajstić information content (AvgIpc) is 3.18. The molecule has 1 atom stereocenters. The normalized spacial score (nSPS) is 12.6. The predicted octanol–water partition coefficient (Wildman–Crippen LogP) is 6.70. The van der Waals surface area contributed by atoms with E-state index in [1.807, 2.05) is 84.9 Å². The van der Waals surface area contributed by atoms with Crippen LogP contribution in [0, 0.1) is 0 Å². The van der Waals surface area contributed by atoms with Crippen LogP contribution in [0.5, 0.6) is 0 Å². The summed E-state index contributed by atoms with van der Waals surface area (Å²) in [5, 5.41) is 1.00. The molecule has 0 aliphatic carbocycles. The Hall–Kier alpha value is -3.46. The van der Waals surface area contributed by atoms with E-state index in [0.717, 1.165) is 22.2 Å². The minimum Gasteiger partial charge on any atom is -0.358 e. The smallest absolute Gasteiger partial charge is 0.170 e. The summed E-state index contributed by atoms with van der Waals surface area (Å²) in [5.41, 5.74) is 3.97. The Bertz CT molecular complexity index is 1210. The highest BCUT2D eigenvalue weighted by atomic mass is 16.1. The molecule has 0 spiro atoms. The predicted molar refractivity (Wildman–Crippen MR) is 126 cm³/mol. The van der Waals surface area contributed by atoms with Crippen molar-refractivity contribution in [2.75, 3.05) is 0 Å². The molecule has 31 heavy (non-hydrogen) atoms. The number of aromatic amines is 1. The van der Waals surface area contributed by atoms with Crippen molar-refractivity contribution in [3.05, 3.63) is 107 Å². The van der Waals surface area contributed by atoms with Crippen LogP contribution >= 0.6 is 0 Å². The fraction of sp³-hybridized carbons (Fsp3) is 0.214. The Morgan fingerprint density at radius 1 is 0.774 bits per heavy atom. The number of para-hydroxylation sites is 1. The third kappa shape index (κ3) is 4.22. The van der Waals surface area contributed by atoms with Gasteiger partial charge in [-0.15, -0.1) is 0 Å². The minimum atomic E-state index is -0.569. The summed E-state index contributed by atoms with van der Waals surface area (Å²) in [6.45, 7) is 6.39. The van der Waals surface area contributed by atoms with Crippen molar-refractivity contribution in [2.24, 2.45) is 0 Å². The van der Waals surface area contributed by atoms with Crippen LogP contribution in [0.25, 0.3) is 10.9 Å². The molecular formula is C28H27NO2. The number of nitrogens with one attached hydrogen (secondary N) is 1. The van der Waals surface area contributed by atoms with Crippen molar-refractivity contribution in [2.45, 2.75) is 38.5 Å². The summed E-state index contributed by atoms with van der Waals surface area (Å²) in [7, 11) is 0. The zero-order valence-corrected chi connectivity index (χ0v) is 18.2. The van der Waals surface area contributed by atoms with Gasteiger partial charge in [0.15, 0.2) is 11.6 Å². The number of hydrogen-bond acceptors (Lipinski definition) is 2. The van der Waals surface area contributed by atoms with Crippen molar-refractivity contribution >= 4 is 22.5 Å². The maximum Gasteiger partial charge on any atom is 0.170 e. The number of hydrogen-bond donors (Lipinski definition) is 1. The molecule has 0 saturated heterocycles. The average molecular weight is 410 g/mol. The molecular weight excluding hydrogens is 382 g/mol. The van der Waals surface area contributed by atoms with E-state index >= 15 is 0 Å². The quantitative estimate of drug-likeness (QED) is 0.360. The molecule has 3 nitrogen and oxygen atoms in total. The summed E-state index contributed by atoms with van der Waals surface area (Å²) in [6, 6.07) is 26.5. The van der Waals surface area contributed by atoms with Gasteiger partial charge in [0.2, 0.25) is 0 Å². The zero-order chi connectivity index (χ0) is 22.0. The van der Waals surface area contributed by atoms with Gasteiger partial charge in [-0.3, -0.25) is 9.59 Å². The third-order valence-electron chi connectivity index (χ3n) is 5.70. The number of benzene rings is 3. The highest BCUT2D eigenvalue weighted by Gasteiger charge is 2.33. The van der Waals surface area contributed by atoms with Gasteiger partial charge in [0.05, 0.1) is 5.92 Å². The van der Waals surface area contributed by atoms with E-state index in [-0.39, 0.29) is 23.4 Å². The van der Waals surface area contributed by atoms with Gasteiger partial charge >= 0.3 is 0 Å². The van der Waals surface area contributed by atoms with Crippen LogP contribution in [0.4, 0.5) is 0 Å². The molecule has 1 aromatic heterocycles. The van der Waals surface area contributed by atoms with Gasteiger partial charge < -0.3 is 4.98 Å². The second kappa shape index (κ2) is 8.35. The van der Waals surface area contributed by atoms with Crippen molar-refractivity contribution in [1.82, 2.24) is 4.98 Å². The van der Waals surface area contributed by atoms with Crippen LogP contribution in [-0.4, -0.2) is 16.6 Å². The molecule has 3 aromatic carbocycles. The van der Waals surface area contributed by atoms with E-state index in [1.165, 1.54) is 0 Å². The number of rotatable bonds is 6. The van der Waals surface area contributed by atoms with Crippen LogP contribution in [-0.2, 0) is 5.41 Å². The standard InChI is InChI=1S/C28H27NO2/c1-28(2,3)27-25(21-16-10-11-17-23(21)29-27)22(26(31)20-14-8-5-9-15-20)18-24(30)19-12-6-4-7-13-19/h4-17,22,29H,18H2,1-3H3/t22-/m0/s1. The third-order valence-corrected chi connectivity index (χ3v) is 5.70. The number of Topliss-reactive ketones (excluding diaryl/α,β-unsaturated/α-hetero) is 2. The van der Waals surface area contributed by atoms with E-state index in [4.69, 9.17) is 0 Å². The topological polar surface area (TPSA) is 49.9 Å². The molecule has 3 heteroatoms. The molecule has 0 bridgehead atoms. The van der Waals surface area contributed by atoms with Crippen LogP contribution in [0.1, 0.15) is 65.1 Å². The van der Waals surface area contributed by atoms with Crippen molar-refractivity contribution in [1.29, 1.82) is 0 Å². The summed E-state index contributed by atoms with van der Waals surface area (Å²) in [5.74, 6) is -0.624. The second-order valence-corrected chi connectivity index (χ2v) is 8.99. The number of ketones is 2. The van der Waals surface area contributed by atoms with Gasteiger partial charge in [-0.2, -0.15) is 0 Å². The van der Waals surface area contributed by atoms with Crippen molar-refractivity contribution in [3.8, 4) is 0 Å². The van der Waals surface area contributed by atoms with E-state index in [1.54, 1.807) is 0 Å². The van der Waals surface area contributed by atoms with E-state index in [0.29, 0.717) is 11.1 Å². The first kappa shape index (κ1) is 20.8. The Morgan fingerprint density at radius 3 is 1.94 bits per heavy atom. The fourth-order valence-electron chi connectivity index (χ4n) is 4.17. The molecule has 0 unspecified atom stereocenters. The first-order chi connectivity index (χ1) is 14.9. The summed E-state index contributed by atoms with van der Waals surface area (Å²) in [6.07, 6.45) is 0.128. The number of carbonyl (C=O) groups excluding carboxylic acids is 2. The van der Waals surface area contributed by atoms with Gasteiger partial charge in [0.25, 0.3) is 0 Å². The van der Waals surface area contributed by atoms with Crippen molar-refractivity contribution in [3.63, 3.8) is 0 Å². The first-order valence-electron chi connectivity index (χ1n) is 10.6. The molecule has 4 aromatic rings. The number of H-pyrrole nitrogens is 1. The van der Waals surface area contributed by atoms with Crippen LogP contribution < -0.4 is 0 Å². The molecule has 0 saturated carbocycles. The molecule has 156 valence electrons. The maximum absolute atomic E-state index is 13.8. The SMILES string of the molecule is CC(C)(C)c1[nH]c2ccccc2c1[C@H](CC(=O)c1ccccc1)C(=O)c1ccccc1. The summed E-state index contributed by atoms with van der Waals surface area (Å²) < 4.78 is 0. The number of carbonyl (C=O) groups is 2. The summed E-state index contributed by atoms with van der Waals surface area (Å²) >= 11 is 0. The largest absolute Gasteiger partial charge is 0.358 e. The monoisotopic (exact) mass is 409 g/mol. The Balaban J connectivity index is 1.89.